The molecular weight excluding hydrogens is 296 g/mol. The molecule has 1 aliphatic carbocycles. The van der Waals surface area contributed by atoms with Crippen LogP contribution in [-0.4, -0.2) is 48.8 Å². The van der Waals surface area contributed by atoms with E-state index in [0.29, 0.717) is 30.5 Å². The van der Waals surface area contributed by atoms with Crippen LogP contribution in [0.15, 0.2) is 0 Å². The first kappa shape index (κ1) is 16.4. The van der Waals surface area contributed by atoms with Gasteiger partial charge in [-0.1, -0.05) is 0 Å². The summed E-state index contributed by atoms with van der Waals surface area (Å²) in [7, 11) is 0. The van der Waals surface area contributed by atoms with E-state index >= 15 is 0 Å². The highest BCUT2D eigenvalue weighted by molar-refractivity contribution is 7.99. The minimum atomic E-state index is 0. The van der Waals surface area contributed by atoms with Gasteiger partial charge < -0.3 is 15.4 Å². The summed E-state index contributed by atoms with van der Waals surface area (Å²) in [5.74, 6) is 3.01. The molecule has 4 unspecified atom stereocenters. The van der Waals surface area contributed by atoms with Crippen LogP contribution in [0.5, 0.6) is 0 Å². The van der Waals surface area contributed by atoms with Crippen LogP contribution >= 0.6 is 24.2 Å². The quantitative estimate of drug-likeness (QED) is 0.829. The fourth-order valence-corrected chi connectivity index (χ4v) is 4.54. The number of halogens is 1. The van der Waals surface area contributed by atoms with Gasteiger partial charge in [-0.15, -0.1) is 12.4 Å². The van der Waals surface area contributed by atoms with Gasteiger partial charge in [0.15, 0.2) is 0 Å². The molecule has 0 spiro atoms. The standard InChI is InChI=1S/C14H24N2O2S.ClH/c17-14(8-10-9-19-7-5-15-10)16-12-2-1-3-13-11(12)4-6-18-13;/h10-13,15H,1-9H2,(H,16,17);1H. The number of fused-ring (bicyclic) bond motifs is 1. The largest absolute Gasteiger partial charge is 0.378 e. The van der Waals surface area contributed by atoms with Crippen molar-refractivity contribution in [1.82, 2.24) is 10.6 Å². The molecule has 0 radical (unpaired) electrons. The number of rotatable bonds is 3. The molecule has 0 bridgehead atoms. The van der Waals surface area contributed by atoms with Crippen LogP contribution in [0.1, 0.15) is 32.1 Å². The summed E-state index contributed by atoms with van der Waals surface area (Å²) < 4.78 is 5.75. The molecule has 2 N–H and O–H groups in total. The van der Waals surface area contributed by atoms with Gasteiger partial charge in [0.25, 0.3) is 0 Å². The molecule has 3 fully saturated rings. The van der Waals surface area contributed by atoms with Crippen molar-refractivity contribution >= 4 is 30.1 Å². The molecule has 1 amide bonds. The third-order valence-electron chi connectivity index (χ3n) is 4.56. The van der Waals surface area contributed by atoms with Crippen LogP contribution in [0.4, 0.5) is 0 Å². The molecule has 1 saturated carbocycles. The summed E-state index contributed by atoms with van der Waals surface area (Å²) in [6, 6.07) is 0.711. The highest BCUT2D eigenvalue weighted by Gasteiger charge is 2.38. The van der Waals surface area contributed by atoms with Crippen molar-refractivity contribution in [2.75, 3.05) is 24.7 Å². The zero-order valence-electron chi connectivity index (χ0n) is 11.8. The van der Waals surface area contributed by atoms with Gasteiger partial charge in [0.05, 0.1) is 6.10 Å². The average Bonchev–Trinajstić information content (AvgIpc) is 2.89. The number of thioether (sulfide) groups is 1. The van der Waals surface area contributed by atoms with Gasteiger partial charge in [-0.3, -0.25) is 4.79 Å². The predicted molar refractivity (Wildman–Crippen MR) is 84.6 cm³/mol. The number of nitrogens with one attached hydrogen (secondary N) is 2. The van der Waals surface area contributed by atoms with E-state index in [9.17, 15) is 4.79 Å². The smallest absolute Gasteiger partial charge is 0.221 e. The predicted octanol–water partition coefficient (Wildman–Crippen LogP) is 1.58. The van der Waals surface area contributed by atoms with Gasteiger partial charge >= 0.3 is 0 Å². The second-order valence-electron chi connectivity index (χ2n) is 5.90. The minimum absolute atomic E-state index is 0. The Morgan fingerprint density at radius 1 is 1.35 bits per heavy atom. The third-order valence-corrected chi connectivity index (χ3v) is 5.69. The molecule has 116 valence electrons. The highest BCUT2D eigenvalue weighted by atomic mass is 35.5. The molecule has 4 atom stereocenters. The van der Waals surface area contributed by atoms with E-state index in [1.54, 1.807) is 0 Å². The maximum Gasteiger partial charge on any atom is 0.221 e. The molecule has 4 nitrogen and oxygen atoms in total. The highest BCUT2D eigenvalue weighted by Crippen LogP contribution is 2.34. The number of carbonyl (C=O) groups is 1. The van der Waals surface area contributed by atoms with Crippen LogP contribution < -0.4 is 10.6 Å². The van der Waals surface area contributed by atoms with Gasteiger partial charge in [0, 0.05) is 49.1 Å². The van der Waals surface area contributed by atoms with Crippen molar-refractivity contribution < 1.29 is 9.53 Å². The lowest BCUT2D eigenvalue weighted by molar-refractivity contribution is -0.123. The molecule has 0 aromatic heterocycles. The molecule has 20 heavy (non-hydrogen) atoms. The maximum absolute atomic E-state index is 12.2. The number of hydrogen-bond acceptors (Lipinski definition) is 4. The Balaban J connectivity index is 0.00000147. The second-order valence-corrected chi connectivity index (χ2v) is 7.05. The number of carbonyl (C=O) groups excluding carboxylic acids is 1. The Morgan fingerprint density at radius 3 is 3.05 bits per heavy atom. The van der Waals surface area contributed by atoms with Crippen LogP contribution in [0.2, 0.25) is 0 Å². The Bertz CT molecular complexity index is 326. The fourth-order valence-electron chi connectivity index (χ4n) is 3.60. The topological polar surface area (TPSA) is 50.4 Å². The van der Waals surface area contributed by atoms with Crippen LogP contribution in [0.3, 0.4) is 0 Å². The first-order chi connectivity index (χ1) is 9.33. The van der Waals surface area contributed by atoms with Crippen molar-refractivity contribution in [3.63, 3.8) is 0 Å². The molecule has 3 rings (SSSR count). The normalized spacial score (nSPS) is 36.8. The van der Waals surface area contributed by atoms with Gasteiger partial charge in [0.2, 0.25) is 5.91 Å². The van der Waals surface area contributed by atoms with Crippen LogP contribution in [0.25, 0.3) is 0 Å². The number of amides is 1. The molecular formula is C14H25ClN2O2S. The molecule has 2 saturated heterocycles. The molecule has 0 aromatic rings. The zero-order chi connectivity index (χ0) is 13.1. The van der Waals surface area contributed by atoms with Crippen molar-refractivity contribution in [3.05, 3.63) is 0 Å². The van der Waals surface area contributed by atoms with Gasteiger partial charge in [0.1, 0.15) is 0 Å². The Morgan fingerprint density at radius 2 is 2.25 bits per heavy atom. The zero-order valence-corrected chi connectivity index (χ0v) is 13.4. The first-order valence-corrected chi connectivity index (χ1v) is 8.70. The van der Waals surface area contributed by atoms with Crippen LogP contribution in [0, 0.1) is 5.92 Å². The molecule has 6 heteroatoms. The summed E-state index contributed by atoms with van der Waals surface area (Å²) in [6.07, 6.45) is 5.64. The Kier molecular flexibility index (Phi) is 6.46. The lowest BCUT2D eigenvalue weighted by Gasteiger charge is -2.33. The maximum atomic E-state index is 12.2. The average molecular weight is 321 g/mol. The van der Waals surface area contributed by atoms with E-state index in [-0.39, 0.29) is 18.3 Å². The molecule has 3 aliphatic rings. The van der Waals surface area contributed by atoms with E-state index in [2.05, 4.69) is 10.6 Å². The summed E-state index contributed by atoms with van der Waals surface area (Å²) in [5, 5.41) is 6.70. The molecule has 0 aromatic carbocycles. The van der Waals surface area contributed by atoms with E-state index < -0.39 is 0 Å². The first-order valence-electron chi connectivity index (χ1n) is 7.55. The minimum Gasteiger partial charge on any atom is -0.378 e. The number of hydrogen-bond donors (Lipinski definition) is 2. The van der Waals surface area contributed by atoms with E-state index in [1.807, 2.05) is 11.8 Å². The van der Waals surface area contributed by atoms with Crippen molar-refractivity contribution in [3.8, 4) is 0 Å². The molecule has 2 heterocycles. The van der Waals surface area contributed by atoms with E-state index in [1.165, 1.54) is 18.6 Å². The van der Waals surface area contributed by atoms with Crippen molar-refractivity contribution in [1.29, 1.82) is 0 Å². The summed E-state index contributed by atoms with van der Waals surface area (Å²) in [6.45, 7) is 1.91. The monoisotopic (exact) mass is 320 g/mol. The second kappa shape index (κ2) is 7.87. The summed E-state index contributed by atoms with van der Waals surface area (Å²) in [4.78, 5) is 12.2. The lowest BCUT2D eigenvalue weighted by atomic mass is 9.81. The molecule has 2 aliphatic heterocycles. The van der Waals surface area contributed by atoms with Crippen molar-refractivity contribution in [2.45, 2.75) is 50.3 Å². The third kappa shape index (κ3) is 4.03. The SMILES string of the molecule is Cl.O=C(CC1CSCCN1)NC1CCCC2OCCC12. The summed E-state index contributed by atoms with van der Waals surface area (Å²) >= 11 is 1.94. The number of ether oxygens (including phenoxy) is 1. The van der Waals surface area contributed by atoms with Crippen molar-refractivity contribution in [2.24, 2.45) is 5.92 Å². The Labute approximate surface area is 131 Å². The lowest BCUT2D eigenvalue weighted by Crippen LogP contribution is -2.48. The van der Waals surface area contributed by atoms with Gasteiger partial charge in [-0.25, -0.2) is 0 Å². The van der Waals surface area contributed by atoms with Gasteiger partial charge in [-0.2, -0.15) is 11.8 Å². The van der Waals surface area contributed by atoms with Crippen LogP contribution in [-0.2, 0) is 9.53 Å². The Hall–Kier alpha value is 0.0300. The van der Waals surface area contributed by atoms with E-state index in [0.717, 1.165) is 31.7 Å². The summed E-state index contributed by atoms with van der Waals surface area (Å²) in [5.41, 5.74) is 0. The van der Waals surface area contributed by atoms with Gasteiger partial charge in [-0.05, 0) is 25.7 Å². The van der Waals surface area contributed by atoms with E-state index in [4.69, 9.17) is 4.74 Å². The fraction of sp³-hybridized carbons (Fsp3) is 0.929.